The summed E-state index contributed by atoms with van der Waals surface area (Å²) in [6.45, 7) is 7.75. The van der Waals surface area contributed by atoms with Crippen LogP contribution in [0.3, 0.4) is 0 Å². The Labute approximate surface area is 147 Å². The van der Waals surface area contributed by atoms with Crippen molar-refractivity contribution in [3.63, 3.8) is 0 Å². The van der Waals surface area contributed by atoms with Gasteiger partial charge < -0.3 is 20.3 Å². The number of benzene rings is 1. The molecule has 3 amide bonds. The SMILES string of the molecule is CC(=O)N1CCc2cc(NC(=O)CCNC(=O)OC(C)(C)C)ccc21. The molecular formula is C18H25N3O4. The van der Waals surface area contributed by atoms with Crippen molar-refractivity contribution >= 4 is 29.3 Å². The minimum Gasteiger partial charge on any atom is -0.444 e. The molecule has 2 N–H and O–H groups in total. The van der Waals surface area contributed by atoms with Crippen LogP contribution in [0, 0.1) is 0 Å². The third-order valence-electron chi connectivity index (χ3n) is 3.66. The summed E-state index contributed by atoms with van der Waals surface area (Å²) < 4.78 is 5.10. The number of nitrogens with one attached hydrogen (secondary N) is 2. The van der Waals surface area contributed by atoms with Gasteiger partial charge in [0.05, 0.1) is 0 Å². The van der Waals surface area contributed by atoms with E-state index in [1.807, 2.05) is 12.1 Å². The lowest BCUT2D eigenvalue weighted by Crippen LogP contribution is -2.34. The van der Waals surface area contributed by atoms with E-state index < -0.39 is 11.7 Å². The number of alkyl carbamates (subject to hydrolysis) is 1. The van der Waals surface area contributed by atoms with Crippen molar-refractivity contribution in [2.75, 3.05) is 23.3 Å². The average molecular weight is 347 g/mol. The van der Waals surface area contributed by atoms with Gasteiger partial charge in [-0.2, -0.15) is 0 Å². The van der Waals surface area contributed by atoms with Gasteiger partial charge in [-0.3, -0.25) is 9.59 Å². The summed E-state index contributed by atoms with van der Waals surface area (Å²) in [5, 5.41) is 5.35. The molecule has 7 heteroatoms. The van der Waals surface area contributed by atoms with Crippen LogP contribution in [0.25, 0.3) is 0 Å². The number of nitrogens with zero attached hydrogens (tertiary/aromatic N) is 1. The highest BCUT2D eigenvalue weighted by Crippen LogP contribution is 2.30. The number of anilines is 2. The number of fused-ring (bicyclic) bond motifs is 1. The first-order valence-electron chi connectivity index (χ1n) is 8.33. The number of carbonyl (C=O) groups excluding carboxylic acids is 3. The van der Waals surface area contributed by atoms with Gasteiger partial charge >= 0.3 is 6.09 Å². The zero-order valence-electron chi connectivity index (χ0n) is 15.1. The van der Waals surface area contributed by atoms with Crippen LogP contribution in [0.15, 0.2) is 18.2 Å². The molecule has 0 saturated carbocycles. The van der Waals surface area contributed by atoms with Crippen LogP contribution in [-0.4, -0.2) is 36.6 Å². The van der Waals surface area contributed by atoms with E-state index in [2.05, 4.69) is 10.6 Å². The summed E-state index contributed by atoms with van der Waals surface area (Å²) >= 11 is 0. The minimum atomic E-state index is -0.565. The molecule has 0 fully saturated rings. The fourth-order valence-electron chi connectivity index (χ4n) is 2.62. The molecule has 0 spiro atoms. The molecule has 1 aliphatic rings. The maximum Gasteiger partial charge on any atom is 0.407 e. The maximum atomic E-state index is 12.0. The third kappa shape index (κ3) is 5.48. The number of carbonyl (C=O) groups is 3. The molecule has 0 radical (unpaired) electrons. The Morgan fingerprint density at radius 1 is 1.24 bits per heavy atom. The van der Waals surface area contributed by atoms with E-state index >= 15 is 0 Å². The average Bonchev–Trinajstić information content (AvgIpc) is 2.88. The van der Waals surface area contributed by atoms with Crippen molar-refractivity contribution in [3.05, 3.63) is 23.8 Å². The molecule has 136 valence electrons. The predicted molar refractivity (Wildman–Crippen MR) is 95.7 cm³/mol. The smallest absolute Gasteiger partial charge is 0.407 e. The second-order valence-electron chi connectivity index (χ2n) is 6.99. The molecule has 1 aromatic carbocycles. The Kier molecular flexibility index (Phi) is 5.66. The van der Waals surface area contributed by atoms with Crippen LogP contribution in [-0.2, 0) is 20.7 Å². The molecule has 2 rings (SSSR count). The normalized spacial score (nSPS) is 13.2. The predicted octanol–water partition coefficient (Wildman–Crippen LogP) is 2.45. The summed E-state index contributed by atoms with van der Waals surface area (Å²) in [6.07, 6.45) is 0.386. The first kappa shape index (κ1) is 18.8. The first-order chi connectivity index (χ1) is 11.7. The fraction of sp³-hybridized carbons (Fsp3) is 0.500. The van der Waals surface area contributed by atoms with Crippen LogP contribution < -0.4 is 15.5 Å². The van der Waals surface area contributed by atoms with Crippen molar-refractivity contribution in [2.45, 2.75) is 46.1 Å². The monoisotopic (exact) mass is 347 g/mol. The topological polar surface area (TPSA) is 87.7 Å². The van der Waals surface area contributed by atoms with E-state index in [1.54, 1.807) is 38.7 Å². The van der Waals surface area contributed by atoms with Crippen LogP contribution >= 0.6 is 0 Å². The van der Waals surface area contributed by atoms with Crippen molar-refractivity contribution in [1.82, 2.24) is 5.32 Å². The molecule has 0 aromatic heterocycles. The van der Waals surface area contributed by atoms with Crippen LogP contribution in [0.5, 0.6) is 0 Å². The molecular weight excluding hydrogens is 322 g/mol. The molecule has 0 bridgehead atoms. The van der Waals surface area contributed by atoms with Gasteiger partial charge in [0, 0.05) is 37.8 Å². The van der Waals surface area contributed by atoms with Gasteiger partial charge in [-0.1, -0.05) is 0 Å². The Hall–Kier alpha value is -2.57. The highest BCUT2D eigenvalue weighted by Gasteiger charge is 2.22. The van der Waals surface area contributed by atoms with Gasteiger partial charge in [0.25, 0.3) is 0 Å². The summed E-state index contributed by atoms with van der Waals surface area (Å²) in [5.41, 5.74) is 2.06. The maximum absolute atomic E-state index is 12.0. The molecule has 0 aliphatic carbocycles. The summed E-state index contributed by atoms with van der Waals surface area (Å²) in [5.74, 6) is -0.179. The van der Waals surface area contributed by atoms with Crippen molar-refractivity contribution in [2.24, 2.45) is 0 Å². The highest BCUT2D eigenvalue weighted by atomic mass is 16.6. The molecule has 0 unspecified atom stereocenters. The van der Waals surface area contributed by atoms with Crippen molar-refractivity contribution in [1.29, 1.82) is 0 Å². The summed E-state index contributed by atoms with van der Waals surface area (Å²) in [6, 6.07) is 5.51. The van der Waals surface area contributed by atoms with E-state index in [0.29, 0.717) is 12.2 Å². The van der Waals surface area contributed by atoms with Crippen molar-refractivity contribution in [3.8, 4) is 0 Å². The largest absolute Gasteiger partial charge is 0.444 e. The van der Waals surface area contributed by atoms with Crippen molar-refractivity contribution < 1.29 is 19.1 Å². The Morgan fingerprint density at radius 3 is 2.60 bits per heavy atom. The zero-order chi connectivity index (χ0) is 18.6. The lowest BCUT2D eigenvalue weighted by atomic mass is 10.1. The quantitative estimate of drug-likeness (QED) is 0.876. The van der Waals surface area contributed by atoms with E-state index in [4.69, 9.17) is 4.74 Å². The standard InChI is InChI=1S/C18H25N3O4/c1-12(22)21-10-8-13-11-14(5-6-15(13)21)20-16(23)7-9-19-17(24)25-18(2,3)4/h5-6,11H,7-10H2,1-4H3,(H,19,24)(H,20,23). The van der Waals surface area contributed by atoms with E-state index in [-0.39, 0.29) is 24.8 Å². The molecule has 7 nitrogen and oxygen atoms in total. The van der Waals surface area contributed by atoms with Gasteiger partial charge in [-0.15, -0.1) is 0 Å². The summed E-state index contributed by atoms with van der Waals surface area (Å²) in [4.78, 5) is 36.8. The van der Waals surface area contributed by atoms with Gasteiger partial charge in [0.2, 0.25) is 11.8 Å². The number of rotatable bonds is 4. The third-order valence-corrected chi connectivity index (χ3v) is 3.66. The van der Waals surface area contributed by atoms with E-state index in [1.165, 1.54) is 0 Å². The lowest BCUT2D eigenvalue weighted by Gasteiger charge is -2.19. The van der Waals surface area contributed by atoms with Crippen LogP contribution in [0.2, 0.25) is 0 Å². The van der Waals surface area contributed by atoms with Crippen LogP contribution in [0.1, 0.15) is 39.7 Å². The van der Waals surface area contributed by atoms with Gasteiger partial charge in [-0.05, 0) is 51.0 Å². The lowest BCUT2D eigenvalue weighted by molar-refractivity contribution is -0.117. The molecule has 0 saturated heterocycles. The van der Waals surface area contributed by atoms with Crippen LogP contribution in [0.4, 0.5) is 16.2 Å². The number of ether oxygens (including phenoxy) is 1. The van der Waals surface area contributed by atoms with E-state index in [9.17, 15) is 14.4 Å². The molecule has 25 heavy (non-hydrogen) atoms. The molecule has 1 aromatic rings. The second-order valence-corrected chi connectivity index (χ2v) is 6.99. The number of hydrogen-bond acceptors (Lipinski definition) is 4. The zero-order valence-corrected chi connectivity index (χ0v) is 15.1. The molecule has 1 aliphatic heterocycles. The fourth-order valence-corrected chi connectivity index (χ4v) is 2.62. The van der Waals surface area contributed by atoms with Gasteiger partial charge in [0.1, 0.15) is 5.60 Å². The van der Waals surface area contributed by atoms with Gasteiger partial charge in [-0.25, -0.2) is 4.79 Å². The second kappa shape index (κ2) is 7.55. The minimum absolute atomic E-state index is 0.0174. The Morgan fingerprint density at radius 2 is 1.96 bits per heavy atom. The number of amides is 3. The van der Waals surface area contributed by atoms with Gasteiger partial charge in [0.15, 0.2) is 0 Å². The van der Waals surface area contributed by atoms with E-state index in [0.717, 1.165) is 17.7 Å². The molecule has 0 atom stereocenters. The highest BCUT2D eigenvalue weighted by molar-refractivity contribution is 5.95. The Balaban J connectivity index is 1.82. The Bertz CT molecular complexity index is 679. The molecule has 1 heterocycles. The summed E-state index contributed by atoms with van der Waals surface area (Å²) in [7, 11) is 0. The first-order valence-corrected chi connectivity index (χ1v) is 8.33. The number of hydrogen-bond donors (Lipinski definition) is 2.